The maximum Gasteiger partial charge on any atom is 0.305 e. The molecular weight excluding hydrogens is 450 g/mol. The Morgan fingerprint density at radius 1 is 0.917 bits per heavy atom. The fourth-order valence-electron chi connectivity index (χ4n) is 4.53. The van der Waals surface area contributed by atoms with Gasteiger partial charge < -0.3 is 15.0 Å². The first-order valence-electron chi connectivity index (χ1n) is 12.6. The summed E-state index contributed by atoms with van der Waals surface area (Å²) in [6.45, 7) is 3.11. The lowest BCUT2D eigenvalue weighted by atomic mass is 10.0. The van der Waals surface area contributed by atoms with Crippen molar-refractivity contribution in [1.29, 1.82) is 0 Å². The molecule has 4 aromatic rings. The quantitative estimate of drug-likeness (QED) is 0.266. The van der Waals surface area contributed by atoms with Gasteiger partial charge in [-0.05, 0) is 67.5 Å². The van der Waals surface area contributed by atoms with Crippen LogP contribution in [0.15, 0.2) is 72.8 Å². The van der Waals surface area contributed by atoms with E-state index in [1.54, 1.807) is 6.07 Å². The molecule has 4 rings (SSSR count). The number of carbonyl (C=O) groups is 2. The van der Waals surface area contributed by atoms with Crippen LogP contribution in [0.2, 0.25) is 0 Å². The van der Waals surface area contributed by atoms with E-state index in [2.05, 4.69) is 65.3 Å². The molecule has 36 heavy (non-hydrogen) atoms. The zero-order valence-electron chi connectivity index (χ0n) is 20.7. The maximum absolute atomic E-state index is 12.5. The van der Waals surface area contributed by atoms with Crippen LogP contribution in [0.5, 0.6) is 0 Å². The Morgan fingerprint density at radius 2 is 1.69 bits per heavy atom. The maximum atomic E-state index is 12.5. The van der Waals surface area contributed by atoms with Gasteiger partial charge in [-0.2, -0.15) is 0 Å². The normalized spacial score (nSPS) is 11.0. The van der Waals surface area contributed by atoms with Crippen LogP contribution >= 0.6 is 0 Å². The summed E-state index contributed by atoms with van der Waals surface area (Å²) in [4.78, 5) is 28.2. The summed E-state index contributed by atoms with van der Waals surface area (Å²) in [5, 5.41) is 11.5. The Bertz CT molecular complexity index is 1330. The second-order valence-corrected chi connectivity index (χ2v) is 9.15. The molecule has 0 atom stereocenters. The van der Waals surface area contributed by atoms with Gasteiger partial charge in [0.2, 0.25) is 0 Å². The molecule has 2 N–H and O–H groups in total. The molecule has 0 saturated carbocycles. The summed E-state index contributed by atoms with van der Waals surface area (Å²) in [5.74, 6) is -0.191. The van der Waals surface area contributed by atoms with E-state index in [4.69, 9.17) is 10.1 Å². The number of imidazole rings is 1. The average molecular weight is 484 g/mol. The molecule has 0 aliphatic heterocycles. The van der Waals surface area contributed by atoms with Gasteiger partial charge >= 0.3 is 5.97 Å². The minimum atomic E-state index is -0.935. The molecule has 0 spiro atoms. The SMILES string of the molecule is Cc1ccccc1CCc1nc2cc(C(=O)NCCC(=O)O)ccc2n1CCCCc1ccccc1. The number of fused-ring (bicyclic) bond motifs is 1. The number of nitrogens with one attached hydrogen (secondary N) is 1. The highest BCUT2D eigenvalue weighted by Gasteiger charge is 2.14. The number of carboxylic acid groups (broad SMARTS) is 1. The fraction of sp³-hybridized carbons (Fsp3) is 0.300. The third kappa shape index (κ3) is 6.60. The molecule has 0 radical (unpaired) electrons. The van der Waals surface area contributed by atoms with Crippen molar-refractivity contribution in [2.75, 3.05) is 6.54 Å². The van der Waals surface area contributed by atoms with Crippen LogP contribution in [0.4, 0.5) is 0 Å². The van der Waals surface area contributed by atoms with Gasteiger partial charge in [0, 0.05) is 25.1 Å². The van der Waals surface area contributed by atoms with E-state index < -0.39 is 5.97 Å². The van der Waals surface area contributed by atoms with E-state index in [0.29, 0.717) is 5.56 Å². The predicted octanol–water partition coefficient (Wildman–Crippen LogP) is 5.36. The number of unbranched alkanes of at least 4 members (excludes halogenated alkanes) is 1. The largest absolute Gasteiger partial charge is 0.481 e. The Kier molecular flexibility index (Phi) is 8.50. The molecule has 186 valence electrons. The third-order valence-corrected chi connectivity index (χ3v) is 6.53. The molecular formula is C30H33N3O3. The van der Waals surface area contributed by atoms with Crippen LogP contribution in [0.25, 0.3) is 11.0 Å². The van der Waals surface area contributed by atoms with Crippen molar-refractivity contribution in [3.8, 4) is 0 Å². The van der Waals surface area contributed by atoms with Crippen molar-refractivity contribution in [1.82, 2.24) is 14.9 Å². The zero-order chi connectivity index (χ0) is 25.3. The minimum Gasteiger partial charge on any atom is -0.481 e. The third-order valence-electron chi connectivity index (χ3n) is 6.53. The Balaban J connectivity index is 1.51. The van der Waals surface area contributed by atoms with E-state index in [0.717, 1.165) is 55.5 Å². The van der Waals surface area contributed by atoms with Gasteiger partial charge in [-0.15, -0.1) is 0 Å². The molecule has 6 nitrogen and oxygen atoms in total. The predicted molar refractivity (Wildman–Crippen MR) is 142 cm³/mol. The van der Waals surface area contributed by atoms with Gasteiger partial charge in [-0.3, -0.25) is 9.59 Å². The summed E-state index contributed by atoms with van der Waals surface area (Å²) >= 11 is 0. The smallest absolute Gasteiger partial charge is 0.305 e. The molecule has 0 aliphatic carbocycles. The average Bonchev–Trinajstić information content (AvgIpc) is 3.23. The number of aliphatic carboxylic acids is 1. The van der Waals surface area contributed by atoms with Crippen molar-refractivity contribution in [2.45, 2.75) is 52.0 Å². The number of rotatable bonds is 12. The van der Waals surface area contributed by atoms with Crippen LogP contribution in [0.3, 0.4) is 0 Å². The van der Waals surface area contributed by atoms with Crippen LogP contribution in [0, 0.1) is 6.92 Å². The highest BCUT2D eigenvalue weighted by molar-refractivity contribution is 5.97. The number of aryl methyl sites for hydroxylation is 5. The number of nitrogens with zero attached hydrogens (tertiary/aromatic N) is 2. The molecule has 0 aliphatic rings. The Labute approximate surface area is 212 Å². The molecule has 1 heterocycles. The second kappa shape index (κ2) is 12.2. The number of benzene rings is 3. The summed E-state index contributed by atoms with van der Waals surface area (Å²) in [7, 11) is 0. The highest BCUT2D eigenvalue weighted by Crippen LogP contribution is 2.21. The summed E-state index contributed by atoms with van der Waals surface area (Å²) in [6.07, 6.45) is 4.79. The second-order valence-electron chi connectivity index (χ2n) is 9.15. The monoisotopic (exact) mass is 483 g/mol. The fourth-order valence-corrected chi connectivity index (χ4v) is 4.53. The van der Waals surface area contributed by atoms with Gasteiger partial charge in [0.05, 0.1) is 17.5 Å². The summed E-state index contributed by atoms with van der Waals surface area (Å²) in [6, 6.07) is 24.6. The first kappa shape index (κ1) is 25.2. The molecule has 0 bridgehead atoms. The molecule has 0 fully saturated rings. The van der Waals surface area contributed by atoms with E-state index >= 15 is 0 Å². The number of carboxylic acids is 1. The molecule has 0 unspecified atom stereocenters. The zero-order valence-corrected chi connectivity index (χ0v) is 20.7. The lowest BCUT2D eigenvalue weighted by Gasteiger charge is -2.11. The molecule has 3 aromatic carbocycles. The van der Waals surface area contributed by atoms with Crippen LogP contribution in [-0.4, -0.2) is 33.1 Å². The van der Waals surface area contributed by atoms with E-state index in [1.165, 1.54) is 16.7 Å². The van der Waals surface area contributed by atoms with Gasteiger partial charge in [0.1, 0.15) is 5.82 Å². The molecule has 1 amide bonds. The first-order chi connectivity index (χ1) is 17.5. The van der Waals surface area contributed by atoms with Gasteiger partial charge in [0.15, 0.2) is 0 Å². The topological polar surface area (TPSA) is 84.2 Å². The van der Waals surface area contributed by atoms with Crippen molar-refractivity contribution in [3.05, 3.63) is 101 Å². The molecule has 1 aromatic heterocycles. The van der Waals surface area contributed by atoms with E-state index in [1.807, 2.05) is 18.2 Å². The van der Waals surface area contributed by atoms with Crippen molar-refractivity contribution >= 4 is 22.9 Å². The minimum absolute atomic E-state index is 0.101. The van der Waals surface area contributed by atoms with Crippen molar-refractivity contribution in [3.63, 3.8) is 0 Å². The summed E-state index contributed by atoms with van der Waals surface area (Å²) in [5.41, 5.74) is 6.26. The van der Waals surface area contributed by atoms with Crippen LogP contribution < -0.4 is 5.32 Å². The van der Waals surface area contributed by atoms with Gasteiger partial charge in [-0.25, -0.2) is 4.98 Å². The van der Waals surface area contributed by atoms with Crippen LogP contribution in [-0.2, 0) is 30.6 Å². The van der Waals surface area contributed by atoms with Crippen molar-refractivity contribution < 1.29 is 14.7 Å². The number of amides is 1. The van der Waals surface area contributed by atoms with Crippen molar-refractivity contribution in [2.24, 2.45) is 0 Å². The van der Waals surface area contributed by atoms with Gasteiger partial charge in [0.25, 0.3) is 5.91 Å². The number of carbonyl (C=O) groups excluding carboxylic acids is 1. The lowest BCUT2D eigenvalue weighted by molar-refractivity contribution is -0.136. The standard InChI is InChI=1S/C30H33N3O3/c1-22-9-5-6-13-24(22)15-17-28-32-26-21-25(30(36)31-19-18-29(34)35)14-16-27(26)33(28)20-8-7-12-23-10-3-2-4-11-23/h2-6,9-11,13-14,16,21H,7-8,12,15,17-20H2,1H3,(H,31,36)(H,34,35). The number of hydrogen-bond donors (Lipinski definition) is 2. The highest BCUT2D eigenvalue weighted by atomic mass is 16.4. The van der Waals surface area contributed by atoms with E-state index in [9.17, 15) is 9.59 Å². The van der Waals surface area contributed by atoms with Crippen LogP contribution in [0.1, 0.15) is 52.1 Å². The van der Waals surface area contributed by atoms with E-state index in [-0.39, 0.29) is 18.9 Å². The van der Waals surface area contributed by atoms with Gasteiger partial charge in [-0.1, -0.05) is 54.6 Å². The first-order valence-corrected chi connectivity index (χ1v) is 12.6. The Morgan fingerprint density at radius 3 is 2.47 bits per heavy atom. The molecule has 6 heteroatoms. The molecule has 0 saturated heterocycles. The lowest BCUT2D eigenvalue weighted by Crippen LogP contribution is -2.25. The number of aromatic nitrogens is 2. The summed E-state index contributed by atoms with van der Waals surface area (Å²) < 4.78 is 2.30. The number of hydrogen-bond acceptors (Lipinski definition) is 3. The Hall–Kier alpha value is -3.93.